The fourth-order valence-electron chi connectivity index (χ4n) is 0.445. The summed E-state index contributed by atoms with van der Waals surface area (Å²) in [5.41, 5.74) is 0. The van der Waals surface area contributed by atoms with Crippen LogP contribution in [0.2, 0.25) is 0 Å². The second kappa shape index (κ2) is 5.85. The largest absolute Gasteiger partial charge is 1.00 e. The summed E-state index contributed by atoms with van der Waals surface area (Å²) in [4.78, 5) is 0. The van der Waals surface area contributed by atoms with Crippen molar-refractivity contribution in [3.63, 3.8) is 0 Å². The van der Waals surface area contributed by atoms with Gasteiger partial charge in [0.25, 0.3) is 6.43 Å². The third kappa shape index (κ3) is 7.31. The van der Waals surface area contributed by atoms with Crippen molar-refractivity contribution >= 4 is 10.1 Å². The van der Waals surface area contributed by atoms with Gasteiger partial charge in [-0.15, -0.1) is 0 Å². The quantitative estimate of drug-likeness (QED) is 0.296. The number of halogens is 4. The second-order valence-electron chi connectivity index (χ2n) is 2.02. The third-order valence-corrected chi connectivity index (χ3v) is 1.68. The van der Waals surface area contributed by atoms with Gasteiger partial charge in [0, 0.05) is 0 Å². The van der Waals surface area contributed by atoms with Crippen LogP contribution in [0.3, 0.4) is 0 Å². The monoisotopic (exact) mass is 216 g/mol. The molecule has 3 nitrogen and oxygen atoms in total. The van der Waals surface area contributed by atoms with E-state index in [9.17, 15) is 30.5 Å². The molecule has 0 saturated heterocycles. The van der Waals surface area contributed by atoms with Crippen LogP contribution in [0.15, 0.2) is 0 Å². The molecule has 0 fully saturated rings. The Morgan fingerprint density at radius 1 is 1.15 bits per heavy atom. The smallest absolute Gasteiger partial charge is 0.748 e. The molecule has 0 rings (SSSR count). The van der Waals surface area contributed by atoms with Crippen LogP contribution in [-0.4, -0.2) is 37.5 Å². The van der Waals surface area contributed by atoms with E-state index in [4.69, 9.17) is 0 Å². The molecule has 0 aromatic carbocycles. The molecular weight excluding hydrogens is 211 g/mol. The van der Waals surface area contributed by atoms with Crippen molar-refractivity contribution in [3.05, 3.63) is 0 Å². The van der Waals surface area contributed by atoms with Crippen LogP contribution in [0.4, 0.5) is 17.6 Å². The first-order valence-electron chi connectivity index (χ1n) is 2.74. The van der Waals surface area contributed by atoms with E-state index >= 15 is 0 Å². The molecule has 13 heavy (non-hydrogen) atoms. The minimum Gasteiger partial charge on any atom is -0.748 e. The van der Waals surface area contributed by atoms with Gasteiger partial charge in [-0.3, -0.25) is 0 Å². The SMILES string of the molecule is O=S(=O)([O-])CC(F)C(F)C(F)F.[Li+]. The van der Waals surface area contributed by atoms with Gasteiger partial charge in [-0.1, -0.05) is 0 Å². The molecule has 0 spiro atoms. The average molecular weight is 216 g/mol. The van der Waals surface area contributed by atoms with Gasteiger partial charge in [0.1, 0.15) is 6.17 Å². The Morgan fingerprint density at radius 2 is 1.54 bits per heavy atom. The Kier molecular flexibility index (Phi) is 7.06. The fraction of sp³-hybridized carbons (Fsp3) is 1.00. The maximum absolute atomic E-state index is 12.1. The van der Waals surface area contributed by atoms with E-state index in [0.717, 1.165) is 0 Å². The van der Waals surface area contributed by atoms with Crippen LogP contribution >= 0.6 is 0 Å². The predicted octanol–water partition coefficient (Wildman–Crippen LogP) is -2.52. The zero-order chi connectivity index (χ0) is 9.94. The normalized spacial score (nSPS) is 16.5. The predicted molar refractivity (Wildman–Crippen MR) is 30.4 cm³/mol. The molecule has 0 aromatic heterocycles. The summed E-state index contributed by atoms with van der Waals surface area (Å²) >= 11 is 0. The minimum absolute atomic E-state index is 0. The second-order valence-corrected chi connectivity index (χ2v) is 3.47. The van der Waals surface area contributed by atoms with Gasteiger partial charge in [-0.05, 0) is 0 Å². The standard InChI is InChI=1S/C4H6F4O3S.Li/c5-2(1-12(9,10)11)3(6)4(7)8;/h2-4H,1H2,(H,9,10,11);/q;+1/p-1. The van der Waals surface area contributed by atoms with Crippen molar-refractivity contribution in [3.8, 4) is 0 Å². The van der Waals surface area contributed by atoms with Crippen molar-refractivity contribution in [2.45, 2.75) is 18.8 Å². The van der Waals surface area contributed by atoms with Crippen molar-refractivity contribution in [1.29, 1.82) is 0 Å². The molecule has 0 saturated carbocycles. The van der Waals surface area contributed by atoms with Gasteiger partial charge in [0.2, 0.25) is 0 Å². The average Bonchev–Trinajstić information content (AvgIpc) is 1.82. The maximum atomic E-state index is 12.1. The summed E-state index contributed by atoms with van der Waals surface area (Å²) in [6.07, 6.45) is -9.82. The van der Waals surface area contributed by atoms with E-state index in [1.165, 1.54) is 0 Å². The van der Waals surface area contributed by atoms with Crippen LogP contribution < -0.4 is 18.9 Å². The summed E-state index contributed by atoms with van der Waals surface area (Å²) in [5, 5.41) is 0. The number of alkyl halides is 4. The number of rotatable bonds is 4. The molecule has 0 aliphatic carbocycles. The summed E-state index contributed by atoms with van der Waals surface area (Å²) in [7, 11) is -5.00. The molecule has 9 heteroatoms. The summed E-state index contributed by atoms with van der Waals surface area (Å²) in [5.74, 6) is -1.77. The van der Waals surface area contributed by atoms with Gasteiger partial charge < -0.3 is 4.55 Å². The summed E-state index contributed by atoms with van der Waals surface area (Å²) in [6.45, 7) is 0. The Labute approximate surface area is 84.4 Å². The van der Waals surface area contributed by atoms with E-state index in [-0.39, 0.29) is 18.9 Å². The maximum Gasteiger partial charge on any atom is 1.00 e. The molecule has 2 unspecified atom stereocenters. The molecule has 0 heterocycles. The zero-order valence-corrected chi connectivity index (χ0v) is 7.40. The molecule has 0 radical (unpaired) electrons. The van der Waals surface area contributed by atoms with Crippen LogP contribution in [0, 0.1) is 0 Å². The molecule has 74 valence electrons. The minimum atomic E-state index is -5.00. The first kappa shape index (κ1) is 15.7. The molecule has 0 N–H and O–H groups in total. The Morgan fingerprint density at radius 3 is 1.77 bits per heavy atom. The van der Waals surface area contributed by atoms with E-state index in [0.29, 0.717) is 0 Å². The third-order valence-electron chi connectivity index (χ3n) is 0.950. The first-order valence-corrected chi connectivity index (χ1v) is 4.31. The molecule has 2 atom stereocenters. The van der Waals surface area contributed by atoms with Gasteiger partial charge in [0.05, 0.1) is 15.9 Å². The number of hydrogen-bond acceptors (Lipinski definition) is 3. The van der Waals surface area contributed by atoms with Crippen molar-refractivity contribution in [1.82, 2.24) is 0 Å². The van der Waals surface area contributed by atoms with Crippen LogP contribution in [0.1, 0.15) is 0 Å². The van der Waals surface area contributed by atoms with Crippen molar-refractivity contribution < 1.29 is 49.4 Å². The van der Waals surface area contributed by atoms with Crippen LogP contribution in [-0.2, 0) is 10.1 Å². The topological polar surface area (TPSA) is 57.2 Å². The molecule has 0 aliphatic heterocycles. The molecule has 0 bridgehead atoms. The van der Waals surface area contributed by atoms with Gasteiger partial charge in [0.15, 0.2) is 6.17 Å². The molecule has 0 aliphatic rings. The first-order chi connectivity index (χ1) is 5.24. The van der Waals surface area contributed by atoms with E-state index in [1.807, 2.05) is 0 Å². The van der Waals surface area contributed by atoms with Crippen molar-refractivity contribution in [2.24, 2.45) is 0 Å². The Balaban J connectivity index is 0. The Bertz CT molecular complexity index is 232. The fourth-order valence-corrected chi connectivity index (χ4v) is 1.02. The summed E-state index contributed by atoms with van der Waals surface area (Å²) < 4.78 is 76.0. The van der Waals surface area contributed by atoms with E-state index < -0.39 is 34.6 Å². The van der Waals surface area contributed by atoms with Crippen molar-refractivity contribution in [2.75, 3.05) is 5.75 Å². The zero-order valence-electron chi connectivity index (χ0n) is 6.58. The van der Waals surface area contributed by atoms with E-state index in [2.05, 4.69) is 0 Å². The summed E-state index contributed by atoms with van der Waals surface area (Å²) in [6, 6.07) is 0. The molecule has 0 aromatic rings. The van der Waals surface area contributed by atoms with Gasteiger partial charge in [-0.25, -0.2) is 26.0 Å². The Hall–Kier alpha value is 0.227. The van der Waals surface area contributed by atoms with Gasteiger partial charge in [-0.2, -0.15) is 0 Å². The molecule has 0 amide bonds. The van der Waals surface area contributed by atoms with E-state index in [1.54, 1.807) is 0 Å². The molecular formula is C4H5F4LiO3S. The number of hydrogen-bond donors (Lipinski definition) is 0. The van der Waals surface area contributed by atoms with Gasteiger partial charge >= 0.3 is 18.9 Å². The van der Waals surface area contributed by atoms with Crippen LogP contribution in [0.5, 0.6) is 0 Å². The van der Waals surface area contributed by atoms with Crippen LogP contribution in [0.25, 0.3) is 0 Å².